The van der Waals surface area contributed by atoms with Gasteiger partial charge in [-0.05, 0) is 12.1 Å². The van der Waals surface area contributed by atoms with Crippen LogP contribution >= 0.6 is 0 Å². The van der Waals surface area contributed by atoms with Crippen molar-refractivity contribution in [3.63, 3.8) is 0 Å². The average molecular weight is 272 g/mol. The number of hydrogen-bond acceptors (Lipinski definition) is 5. The summed E-state index contributed by atoms with van der Waals surface area (Å²) in [7, 11) is -4.15. The Morgan fingerprint density at radius 1 is 1.56 bits per heavy atom. The predicted molar refractivity (Wildman–Crippen MR) is 57.0 cm³/mol. The number of aliphatic hydroxyl groups excluding tert-OH is 1. The molecule has 1 aliphatic heterocycles. The molecular weight excluding hydrogens is 263 g/mol. The van der Waals surface area contributed by atoms with Crippen molar-refractivity contribution < 1.29 is 22.8 Å². The van der Waals surface area contributed by atoms with E-state index in [1.807, 2.05) is 0 Å². The van der Waals surface area contributed by atoms with Crippen molar-refractivity contribution in [2.45, 2.75) is 11.0 Å². The maximum Gasteiger partial charge on any atom is 0.266 e. The average Bonchev–Trinajstić information content (AvgIpc) is 2.76. The van der Waals surface area contributed by atoms with Gasteiger partial charge in [0.15, 0.2) is 0 Å². The maximum absolute atomic E-state index is 13.3. The lowest BCUT2D eigenvalue weighted by atomic mass is 10.2. The van der Waals surface area contributed by atoms with Gasteiger partial charge in [0, 0.05) is 0 Å². The minimum atomic E-state index is -4.15. The van der Waals surface area contributed by atoms with Crippen LogP contribution in [0.4, 0.5) is 4.39 Å². The first kappa shape index (κ1) is 12.9. The van der Waals surface area contributed by atoms with Crippen molar-refractivity contribution in [2.24, 2.45) is 0 Å². The highest BCUT2D eigenvalue weighted by Gasteiger charge is 2.35. The van der Waals surface area contributed by atoms with Crippen LogP contribution in [0.5, 0.6) is 0 Å². The molecule has 0 unspecified atom stereocenters. The first-order valence-corrected chi connectivity index (χ1v) is 6.43. The van der Waals surface area contributed by atoms with E-state index in [1.165, 1.54) is 12.1 Å². The first-order chi connectivity index (χ1) is 8.46. The van der Waals surface area contributed by atoms with Crippen LogP contribution in [0.15, 0.2) is 23.1 Å². The second-order valence-electron chi connectivity index (χ2n) is 3.66. The van der Waals surface area contributed by atoms with Gasteiger partial charge in [-0.2, -0.15) is 5.26 Å². The topological polar surface area (TPSA) is 90.6 Å². The molecule has 6 nitrogen and oxygen atoms in total. The molecule has 1 N–H and O–H groups in total. The molecule has 0 aliphatic carbocycles. The van der Waals surface area contributed by atoms with Gasteiger partial charge in [-0.15, -0.1) is 0 Å². The molecule has 0 spiro atoms. The zero-order valence-electron chi connectivity index (χ0n) is 9.08. The fraction of sp³-hybridized carbons (Fsp3) is 0.300. The highest BCUT2D eigenvalue weighted by molar-refractivity contribution is 7.89. The van der Waals surface area contributed by atoms with E-state index in [9.17, 15) is 17.9 Å². The summed E-state index contributed by atoms with van der Waals surface area (Å²) in [5, 5.41) is 18.0. The van der Waals surface area contributed by atoms with Gasteiger partial charge in [0.2, 0.25) is 0 Å². The summed E-state index contributed by atoms with van der Waals surface area (Å²) in [5.74, 6) is -0.918. The molecule has 18 heavy (non-hydrogen) atoms. The number of sulfonamides is 1. The number of rotatable bonds is 2. The van der Waals surface area contributed by atoms with E-state index >= 15 is 0 Å². The normalized spacial score (nSPS) is 20.8. The zero-order valence-corrected chi connectivity index (χ0v) is 9.89. The standard InChI is InChI=1S/C10H9FN2O4S/c11-9-2-1-3-10(8(9)4-12)18(15,16)13-5-7(14)6-17-13/h1-3,7,14H,5-6H2/t7-/m1/s1. The van der Waals surface area contributed by atoms with E-state index in [0.29, 0.717) is 4.47 Å². The van der Waals surface area contributed by atoms with E-state index in [4.69, 9.17) is 10.1 Å². The third kappa shape index (κ3) is 2.09. The number of hydroxylamine groups is 1. The van der Waals surface area contributed by atoms with Crippen molar-refractivity contribution in [2.75, 3.05) is 13.2 Å². The Bertz CT molecular complexity index is 611. The first-order valence-electron chi connectivity index (χ1n) is 4.99. The van der Waals surface area contributed by atoms with Gasteiger partial charge < -0.3 is 5.11 Å². The van der Waals surface area contributed by atoms with Crippen LogP contribution in [-0.4, -0.2) is 37.2 Å². The summed E-state index contributed by atoms with van der Waals surface area (Å²) in [6.45, 7) is -0.403. The van der Waals surface area contributed by atoms with Crippen LogP contribution < -0.4 is 0 Å². The molecule has 0 amide bonds. The highest BCUT2D eigenvalue weighted by atomic mass is 32.2. The number of nitrogens with zero attached hydrogens (tertiary/aromatic N) is 2. The Labute approximate surface area is 103 Å². The molecule has 1 aromatic rings. The largest absolute Gasteiger partial charge is 0.389 e. The minimum Gasteiger partial charge on any atom is -0.389 e. The van der Waals surface area contributed by atoms with Gasteiger partial charge in [-0.25, -0.2) is 12.8 Å². The maximum atomic E-state index is 13.3. The van der Waals surface area contributed by atoms with Gasteiger partial charge in [0.25, 0.3) is 10.0 Å². The Hall–Kier alpha value is -1.53. The number of aliphatic hydroxyl groups is 1. The molecule has 1 heterocycles. The molecule has 96 valence electrons. The predicted octanol–water partition coefficient (Wildman–Crippen LogP) is -0.00582. The highest BCUT2D eigenvalue weighted by Crippen LogP contribution is 2.24. The second kappa shape index (κ2) is 4.62. The van der Waals surface area contributed by atoms with Gasteiger partial charge in [0.05, 0.1) is 19.3 Å². The van der Waals surface area contributed by atoms with Gasteiger partial charge >= 0.3 is 0 Å². The molecule has 2 rings (SSSR count). The molecule has 1 aliphatic rings. The Morgan fingerprint density at radius 3 is 2.83 bits per heavy atom. The molecule has 0 aromatic heterocycles. The molecule has 1 aromatic carbocycles. The van der Waals surface area contributed by atoms with Crippen molar-refractivity contribution in [3.05, 3.63) is 29.6 Å². The number of hydrogen-bond donors (Lipinski definition) is 1. The van der Waals surface area contributed by atoms with Crippen molar-refractivity contribution in [1.29, 1.82) is 5.26 Å². The molecule has 1 saturated heterocycles. The summed E-state index contributed by atoms with van der Waals surface area (Å²) in [4.78, 5) is 4.31. The monoisotopic (exact) mass is 272 g/mol. The summed E-state index contributed by atoms with van der Waals surface area (Å²) in [6.07, 6.45) is -0.932. The van der Waals surface area contributed by atoms with Crippen LogP contribution in [0.1, 0.15) is 5.56 Å². The second-order valence-corrected chi connectivity index (χ2v) is 5.46. The third-order valence-electron chi connectivity index (χ3n) is 2.40. The van der Waals surface area contributed by atoms with E-state index in [1.54, 1.807) is 0 Å². The molecule has 0 saturated carbocycles. The number of benzene rings is 1. The minimum absolute atomic E-state index is 0.156. The molecule has 8 heteroatoms. The van der Waals surface area contributed by atoms with E-state index in [0.717, 1.165) is 12.1 Å². The molecule has 1 fully saturated rings. The summed E-state index contributed by atoms with van der Waals surface area (Å²) in [5.41, 5.74) is -0.567. The number of halogens is 1. The van der Waals surface area contributed by atoms with Crippen LogP contribution in [0, 0.1) is 17.1 Å². The third-order valence-corrected chi connectivity index (χ3v) is 4.09. The molecule has 0 bridgehead atoms. The summed E-state index contributed by atoms with van der Waals surface area (Å²) in [6, 6.07) is 4.81. The molecule has 1 atom stereocenters. The Balaban J connectivity index is 2.49. The van der Waals surface area contributed by atoms with Gasteiger partial charge in [-0.1, -0.05) is 10.5 Å². The fourth-order valence-electron chi connectivity index (χ4n) is 1.55. The molecular formula is C10H9FN2O4S. The number of nitriles is 1. The van der Waals surface area contributed by atoms with Crippen LogP contribution in [-0.2, 0) is 14.9 Å². The summed E-state index contributed by atoms with van der Waals surface area (Å²) < 4.78 is 38.1. The quantitative estimate of drug-likeness (QED) is 0.818. The van der Waals surface area contributed by atoms with Crippen LogP contribution in [0.25, 0.3) is 0 Å². The van der Waals surface area contributed by atoms with Crippen LogP contribution in [0.2, 0.25) is 0 Å². The van der Waals surface area contributed by atoms with E-state index < -0.39 is 32.4 Å². The summed E-state index contributed by atoms with van der Waals surface area (Å²) >= 11 is 0. The van der Waals surface area contributed by atoms with E-state index in [2.05, 4.69) is 0 Å². The fourth-order valence-corrected chi connectivity index (χ4v) is 2.99. The lowest BCUT2D eigenvalue weighted by Gasteiger charge is -2.15. The SMILES string of the molecule is N#Cc1c(F)cccc1S(=O)(=O)N1C[C@@H](O)CO1. The van der Waals surface area contributed by atoms with Crippen molar-refractivity contribution in [1.82, 2.24) is 4.47 Å². The van der Waals surface area contributed by atoms with Crippen molar-refractivity contribution in [3.8, 4) is 6.07 Å². The zero-order chi connectivity index (χ0) is 13.3. The lowest BCUT2D eigenvalue weighted by molar-refractivity contribution is -0.0317. The van der Waals surface area contributed by atoms with Gasteiger partial charge in [-0.3, -0.25) is 4.84 Å². The van der Waals surface area contributed by atoms with Crippen LogP contribution in [0.3, 0.4) is 0 Å². The lowest BCUT2D eigenvalue weighted by Crippen LogP contribution is -2.29. The van der Waals surface area contributed by atoms with Gasteiger partial charge in [0.1, 0.15) is 22.3 Å². The smallest absolute Gasteiger partial charge is 0.266 e. The van der Waals surface area contributed by atoms with E-state index in [-0.39, 0.29) is 13.2 Å². The Kier molecular flexibility index (Phi) is 3.32. The molecule has 0 radical (unpaired) electrons. The Morgan fingerprint density at radius 2 is 2.28 bits per heavy atom. The number of β-amino-alcohol motifs (C(OH)–C–C–N with tert-alkyl or cyclic N) is 1. The van der Waals surface area contributed by atoms with Crippen molar-refractivity contribution >= 4 is 10.0 Å².